The Kier molecular flexibility index (Phi) is 9.02. The van der Waals surface area contributed by atoms with E-state index >= 15 is 0 Å². The predicted octanol–water partition coefficient (Wildman–Crippen LogP) is 6.17. The van der Waals surface area contributed by atoms with Crippen LogP contribution < -0.4 is 0 Å². The minimum Gasteiger partial charge on any atom is -0.478 e. The largest absolute Gasteiger partial charge is 0.478 e. The molecule has 6 rings (SSSR count). The van der Waals surface area contributed by atoms with Crippen LogP contribution in [0.15, 0.2) is 70.6 Å². The second kappa shape index (κ2) is 13.1. The SMILES string of the molecule is Cc1cc(Sc2ccc(CN3CCC(N4C(=O)N(C5CCOCC5)CC4c4ccccc4)CC3)c(C)n2)ccc1C(=O)O. The molecule has 0 spiro atoms. The molecule has 3 aliphatic rings. The van der Waals surface area contributed by atoms with Crippen molar-refractivity contribution in [3.63, 3.8) is 0 Å². The maximum Gasteiger partial charge on any atom is 0.335 e. The highest BCUT2D eigenvalue weighted by Gasteiger charge is 2.45. The third-order valence-electron chi connectivity index (χ3n) is 9.15. The van der Waals surface area contributed by atoms with Crippen LogP contribution in [0, 0.1) is 13.8 Å². The number of aromatic carboxylic acids is 1. The minimum absolute atomic E-state index is 0.0914. The first-order chi connectivity index (χ1) is 20.9. The average molecular weight is 601 g/mol. The Morgan fingerprint density at radius 3 is 2.40 bits per heavy atom. The molecule has 0 bridgehead atoms. The Morgan fingerprint density at radius 2 is 1.72 bits per heavy atom. The molecule has 1 aromatic heterocycles. The molecule has 3 saturated heterocycles. The first-order valence-corrected chi connectivity index (χ1v) is 16.1. The molecule has 1 N–H and O–H groups in total. The molecule has 0 aliphatic carbocycles. The maximum absolute atomic E-state index is 13.9. The highest BCUT2D eigenvalue weighted by Crippen LogP contribution is 2.37. The Hall–Kier alpha value is -3.40. The number of aromatic nitrogens is 1. The van der Waals surface area contributed by atoms with Crippen LogP contribution >= 0.6 is 11.8 Å². The predicted molar refractivity (Wildman–Crippen MR) is 166 cm³/mol. The van der Waals surface area contributed by atoms with Gasteiger partial charge in [-0.05, 0) is 80.5 Å². The third kappa shape index (κ3) is 6.59. The number of hydrogen-bond donors (Lipinski definition) is 1. The van der Waals surface area contributed by atoms with Crippen molar-refractivity contribution in [2.45, 2.75) is 74.1 Å². The zero-order valence-corrected chi connectivity index (χ0v) is 25.8. The van der Waals surface area contributed by atoms with Crippen molar-refractivity contribution in [1.82, 2.24) is 19.7 Å². The van der Waals surface area contributed by atoms with Crippen molar-refractivity contribution in [1.29, 1.82) is 0 Å². The van der Waals surface area contributed by atoms with E-state index in [-0.39, 0.29) is 24.2 Å². The third-order valence-corrected chi connectivity index (χ3v) is 10.1. The Bertz CT molecular complexity index is 1450. The number of urea groups is 1. The van der Waals surface area contributed by atoms with Crippen LogP contribution in [0.5, 0.6) is 0 Å². The number of ether oxygens (including phenoxy) is 1. The van der Waals surface area contributed by atoms with Crippen molar-refractivity contribution in [2.75, 3.05) is 32.8 Å². The van der Waals surface area contributed by atoms with Gasteiger partial charge in [0.2, 0.25) is 0 Å². The van der Waals surface area contributed by atoms with E-state index in [0.29, 0.717) is 5.56 Å². The number of carboxylic acid groups (broad SMARTS) is 1. The lowest BCUT2D eigenvalue weighted by Crippen LogP contribution is -2.48. The van der Waals surface area contributed by atoms with Crippen molar-refractivity contribution < 1.29 is 19.4 Å². The fourth-order valence-electron chi connectivity index (χ4n) is 6.74. The summed E-state index contributed by atoms with van der Waals surface area (Å²) in [4.78, 5) is 37.9. The Morgan fingerprint density at radius 1 is 0.977 bits per heavy atom. The van der Waals surface area contributed by atoms with Gasteiger partial charge in [0.25, 0.3) is 0 Å². The van der Waals surface area contributed by atoms with E-state index in [1.807, 2.05) is 25.1 Å². The highest BCUT2D eigenvalue weighted by atomic mass is 32.2. The number of rotatable bonds is 8. The zero-order chi connectivity index (χ0) is 29.9. The molecule has 0 saturated carbocycles. The summed E-state index contributed by atoms with van der Waals surface area (Å²) in [7, 11) is 0. The standard InChI is InChI=1S/C34H40N4O4S/c1-23-20-29(9-10-30(23)33(39)40)43-32-11-8-26(24(2)35-32)21-36-16-12-28(13-17-36)38-31(25-6-4-3-5-7-25)22-37(34(38)41)27-14-18-42-19-15-27/h3-11,20,27-28,31H,12-19,21-22H2,1-2H3,(H,39,40). The first-order valence-electron chi connectivity index (χ1n) is 15.3. The van der Waals surface area contributed by atoms with Crippen molar-refractivity contribution >= 4 is 23.8 Å². The summed E-state index contributed by atoms with van der Waals surface area (Å²) in [5, 5.41) is 10.2. The summed E-state index contributed by atoms with van der Waals surface area (Å²) in [6, 6.07) is 20.9. The molecule has 1 atom stereocenters. The number of benzene rings is 2. The zero-order valence-electron chi connectivity index (χ0n) is 24.9. The van der Waals surface area contributed by atoms with Crippen LogP contribution in [0.25, 0.3) is 0 Å². The van der Waals surface area contributed by atoms with Crippen LogP contribution in [0.2, 0.25) is 0 Å². The van der Waals surface area contributed by atoms with Gasteiger partial charge in [-0.25, -0.2) is 14.6 Å². The van der Waals surface area contributed by atoms with Crippen molar-refractivity contribution in [3.05, 3.63) is 88.6 Å². The molecule has 3 aromatic rings. The Balaban J connectivity index is 1.09. The van der Waals surface area contributed by atoms with Crippen LogP contribution in [-0.2, 0) is 11.3 Å². The number of carbonyl (C=O) groups is 2. The number of carboxylic acids is 1. The number of carbonyl (C=O) groups excluding carboxylic acids is 1. The molecule has 9 heteroatoms. The summed E-state index contributed by atoms with van der Waals surface area (Å²) < 4.78 is 5.59. The quantitative estimate of drug-likeness (QED) is 0.331. The average Bonchev–Trinajstić information content (AvgIpc) is 3.36. The number of likely N-dealkylation sites (tertiary alicyclic amines) is 1. The number of pyridine rings is 1. The van der Waals surface area contributed by atoms with Crippen molar-refractivity contribution in [2.24, 2.45) is 0 Å². The van der Waals surface area contributed by atoms with Gasteiger partial charge in [-0.15, -0.1) is 0 Å². The molecule has 226 valence electrons. The number of amides is 2. The molecule has 3 fully saturated rings. The molecule has 0 radical (unpaired) electrons. The molecular formula is C34H40N4O4S. The Labute approximate surface area is 258 Å². The second-order valence-electron chi connectivity index (χ2n) is 11.9. The van der Waals surface area contributed by atoms with Gasteiger partial charge in [0.15, 0.2) is 0 Å². The van der Waals surface area contributed by atoms with E-state index in [4.69, 9.17) is 9.72 Å². The molecule has 4 heterocycles. The highest BCUT2D eigenvalue weighted by molar-refractivity contribution is 7.99. The number of aryl methyl sites for hydroxylation is 2. The molecule has 43 heavy (non-hydrogen) atoms. The molecule has 8 nitrogen and oxygen atoms in total. The lowest BCUT2D eigenvalue weighted by molar-refractivity contribution is 0.0493. The van der Waals surface area contributed by atoms with Crippen LogP contribution in [-0.4, -0.2) is 81.7 Å². The topological polar surface area (TPSA) is 86.2 Å². The van der Waals surface area contributed by atoms with Gasteiger partial charge in [0.05, 0.1) is 11.6 Å². The second-order valence-corrected chi connectivity index (χ2v) is 13.0. The van der Waals surface area contributed by atoms with Crippen LogP contribution in [0.1, 0.15) is 64.5 Å². The van der Waals surface area contributed by atoms with E-state index in [1.165, 1.54) is 11.1 Å². The summed E-state index contributed by atoms with van der Waals surface area (Å²) in [6.45, 7) is 8.83. The van der Waals surface area contributed by atoms with E-state index in [9.17, 15) is 14.7 Å². The lowest BCUT2D eigenvalue weighted by atomic mass is 9.98. The van der Waals surface area contributed by atoms with Gasteiger partial charge in [-0.3, -0.25) is 4.90 Å². The minimum atomic E-state index is -0.906. The fraction of sp³-hybridized carbons (Fsp3) is 0.441. The van der Waals surface area contributed by atoms with Gasteiger partial charge in [0.1, 0.15) is 5.03 Å². The number of piperidine rings is 1. The van der Waals surface area contributed by atoms with Gasteiger partial charge in [-0.2, -0.15) is 0 Å². The molecule has 2 amide bonds. The summed E-state index contributed by atoms with van der Waals surface area (Å²) >= 11 is 1.55. The van der Waals surface area contributed by atoms with E-state index in [0.717, 1.165) is 86.3 Å². The summed E-state index contributed by atoms with van der Waals surface area (Å²) in [5.41, 5.74) is 4.52. The first kappa shape index (κ1) is 29.7. The van der Waals surface area contributed by atoms with Crippen molar-refractivity contribution in [3.8, 4) is 0 Å². The van der Waals surface area contributed by atoms with Gasteiger partial charge >= 0.3 is 12.0 Å². The normalized spacial score (nSPS) is 20.6. The fourth-order valence-corrected chi connectivity index (χ4v) is 7.67. The summed E-state index contributed by atoms with van der Waals surface area (Å²) in [5.74, 6) is -0.906. The maximum atomic E-state index is 13.9. The number of hydrogen-bond acceptors (Lipinski definition) is 6. The van der Waals surface area contributed by atoms with Gasteiger partial charge in [0, 0.05) is 62.1 Å². The van der Waals surface area contributed by atoms with Crippen LogP contribution in [0.3, 0.4) is 0 Å². The van der Waals surface area contributed by atoms with E-state index in [2.05, 4.69) is 58.0 Å². The summed E-state index contributed by atoms with van der Waals surface area (Å²) in [6.07, 6.45) is 3.76. The number of nitrogens with zero attached hydrogens (tertiary/aromatic N) is 4. The molecule has 2 aromatic carbocycles. The molecular weight excluding hydrogens is 560 g/mol. The lowest BCUT2D eigenvalue weighted by Gasteiger charge is -2.39. The monoisotopic (exact) mass is 600 g/mol. The van der Waals surface area contributed by atoms with Gasteiger partial charge < -0.3 is 19.6 Å². The molecule has 3 aliphatic heterocycles. The molecule has 1 unspecified atom stereocenters. The van der Waals surface area contributed by atoms with Crippen LogP contribution in [0.4, 0.5) is 4.79 Å². The van der Waals surface area contributed by atoms with E-state index in [1.54, 1.807) is 17.8 Å². The van der Waals surface area contributed by atoms with E-state index < -0.39 is 5.97 Å². The smallest absolute Gasteiger partial charge is 0.335 e. The van der Waals surface area contributed by atoms with Gasteiger partial charge in [-0.1, -0.05) is 48.2 Å².